The van der Waals surface area contributed by atoms with Crippen molar-refractivity contribution < 1.29 is 4.79 Å². The molecule has 1 aliphatic rings. The molecule has 1 aliphatic heterocycles. The van der Waals surface area contributed by atoms with Crippen LogP contribution in [-0.4, -0.2) is 40.5 Å². The number of nitrogens with zero attached hydrogens (tertiary/aromatic N) is 4. The standard InChI is InChI=1S/C26H32N6OS/c1-7-15-34-26-29-25-27-18(4)22(24(33)28-21-10-8-9-16(2)17(21)3)23(32(25)30-26)19-11-13-20(14-12-19)31(5)6/h8-14,23H,7,15H2,1-6H3,(H,28,33)(H,27,29,30). The van der Waals surface area contributed by atoms with E-state index in [0.29, 0.717) is 16.7 Å². The molecule has 7 nitrogen and oxygen atoms in total. The van der Waals surface area contributed by atoms with Gasteiger partial charge >= 0.3 is 0 Å². The van der Waals surface area contributed by atoms with Gasteiger partial charge in [0.05, 0.1) is 5.57 Å². The summed E-state index contributed by atoms with van der Waals surface area (Å²) in [6.45, 7) is 8.13. The number of thioether (sulfide) groups is 1. The number of nitrogens with one attached hydrogen (secondary N) is 2. The van der Waals surface area contributed by atoms with E-state index < -0.39 is 0 Å². The molecular formula is C26H32N6OS. The number of carbonyl (C=O) groups is 1. The number of aryl methyl sites for hydroxylation is 1. The summed E-state index contributed by atoms with van der Waals surface area (Å²) >= 11 is 1.63. The van der Waals surface area contributed by atoms with Gasteiger partial charge in [-0.3, -0.25) is 4.79 Å². The fourth-order valence-electron chi connectivity index (χ4n) is 4.02. The zero-order chi connectivity index (χ0) is 24.4. The number of benzene rings is 2. The molecule has 2 heterocycles. The number of aromatic nitrogens is 3. The summed E-state index contributed by atoms with van der Waals surface area (Å²) in [5.74, 6) is 1.45. The van der Waals surface area contributed by atoms with Crippen molar-refractivity contribution in [1.82, 2.24) is 14.8 Å². The first kappa shape index (κ1) is 23.9. The highest BCUT2D eigenvalue weighted by Crippen LogP contribution is 2.37. The monoisotopic (exact) mass is 476 g/mol. The topological polar surface area (TPSA) is 75.1 Å². The minimum atomic E-state index is -0.388. The molecule has 1 atom stereocenters. The molecule has 8 heteroatoms. The number of amides is 1. The number of hydrogen-bond donors (Lipinski definition) is 2. The van der Waals surface area contributed by atoms with Crippen molar-refractivity contribution in [3.63, 3.8) is 0 Å². The van der Waals surface area contributed by atoms with Crippen LogP contribution in [0.1, 0.15) is 43.0 Å². The summed E-state index contributed by atoms with van der Waals surface area (Å²) in [6.07, 6.45) is 1.04. The van der Waals surface area contributed by atoms with Crippen molar-refractivity contribution in [1.29, 1.82) is 0 Å². The predicted octanol–water partition coefficient (Wildman–Crippen LogP) is 5.39. The van der Waals surface area contributed by atoms with Gasteiger partial charge < -0.3 is 15.5 Å². The summed E-state index contributed by atoms with van der Waals surface area (Å²) < 4.78 is 1.84. The van der Waals surface area contributed by atoms with E-state index in [-0.39, 0.29) is 11.9 Å². The number of anilines is 3. The second-order valence-electron chi connectivity index (χ2n) is 8.76. The molecule has 0 radical (unpaired) electrons. The van der Waals surface area contributed by atoms with Crippen molar-refractivity contribution in [3.8, 4) is 0 Å². The lowest BCUT2D eigenvalue weighted by Gasteiger charge is -2.29. The summed E-state index contributed by atoms with van der Waals surface area (Å²) in [5, 5.41) is 12.0. The Kier molecular flexibility index (Phi) is 6.97. The third kappa shape index (κ3) is 4.68. The minimum absolute atomic E-state index is 0.149. The second-order valence-corrected chi connectivity index (χ2v) is 9.83. The Morgan fingerprint density at radius 2 is 1.88 bits per heavy atom. The van der Waals surface area contributed by atoms with E-state index in [1.807, 2.05) is 57.7 Å². The molecular weight excluding hydrogens is 444 g/mol. The largest absolute Gasteiger partial charge is 0.378 e. The Morgan fingerprint density at radius 3 is 2.56 bits per heavy atom. The lowest BCUT2D eigenvalue weighted by Crippen LogP contribution is -2.31. The first-order chi connectivity index (χ1) is 16.3. The van der Waals surface area contributed by atoms with E-state index in [4.69, 9.17) is 10.1 Å². The van der Waals surface area contributed by atoms with Gasteiger partial charge in [-0.15, -0.1) is 5.10 Å². The maximum absolute atomic E-state index is 13.7. The van der Waals surface area contributed by atoms with Gasteiger partial charge in [0.25, 0.3) is 5.91 Å². The van der Waals surface area contributed by atoms with Gasteiger partial charge in [-0.05, 0) is 62.1 Å². The van der Waals surface area contributed by atoms with Crippen LogP contribution in [0.5, 0.6) is 0 Å². The lowest BCUT2D eigenvalue weighted by atomic mass is 9.94. The lowest BCUT2D eigenvalue weighted by molar-refractivity contribution is -0.113. The molecule has 0 bridgehead atoms. The molecule has 1 aromatic heterocycles. The number of rotatable bonds is 7. The molecule has 0 aliphatic carbocycles. The zero-order valence-electron chi connectivity index (χ0n) is 20.6. The SMILES string of the molecule is CCCSc1nc2n(n1)C(c1ccc(N(C)C)cc1)C(C(=O)Nc1cccc(C)c1C)=C(C)N2. The van der Waals surface area contributed by atoms with Crippen molar-refractivity contribution in [3.05, 3.63) is 70.4 Å². The molecule has 1 amide bonds. The van der Waals surface area contributed by atoms with Crippen LogP contribution in [0.15, 0.2) is 58.9 Å². The van der Waals surface area contributed by atoms with Gasteiger partial charge in [-0.1, -0.05) is 43.0 Å². The van der Waals surface area contributed by atoms with Crippen LogP contribution < -0.4 is 15.5 Å². The van der Waals surface area contributed by atoms with Gasteiger partial charge in [-0.2, -0.15) is 4.98 Å². The van der Waals surface area contributed by atoms with Crippen molar-refractivity contribution in [2.75, 3.05) is 35.4 Å². The predicted molar refractivity (Wildman–Crippen MR) is 141 cm³/mol. The van der Waals surface area contributed by atoms with Gasteiger partial charge in [-0.25, -0.2) is 4.68 Å². The van der Waals surface area contributed by atoms with Crippen molar-refractivity contribution in [2.24, 2.45) is 0 Å². The van der Waals surface area contributed by atoms with Crippen LogP contribution in [0, 0.1) is 13.8 Å². The number of fused-ring (bicyclic) bond motifs is 1. The Balaban J connectivity index is 1.77. The minimum Gasteiger partial charge on any atom is -0.378 e. The number of allylic oxidation sites excluding steroid dienone is 1. The fourth-order valence-corrected chi connectivity index (χ4v) is 4.70. The van der Waals surface area contributed by atoms with Crippen LogP contribution in [-0.2, 0) is 4.79 Å². The quantitative estimate of drug-likeness (QED) is 0.445. The van der Waals surface area contributed by atoms with E-state index in [0.717, 1.165) is 45.9 Å². The molecule has 2 aromatic carbocycles. The molecule has 4 rings (SSSR count). The van der Waals surface area contributed by atoms with Crippen LogP contribution in [0.25, 0.3) is 0 Å². The number of hydrogen-bond acceptors (Lipinski definition) is 6. The summed E-state index contributed by atoms with van der Waals surface area (Å²) in [6, 6.07) is 13.8. The fraction of sp³-hybridized carbons (Fsp3) is 0.346. The third-order valence-corrected chi connectivity index (χ3v) is 7.13. The maximum Gasteiger partial charge on any atom is 0.255 e. The van der Waals surface area contributed by atoms with Crippen LogP contribution in [0.2, 0.25) is 0 Å². The summed E-state index contributed by atoms with van der Waals surface area (Å²) in [7, 11) is 4.03. The molecule has 0 fully saturated rings. The summed E-state index contributed by atoms with van der Waals surface area (Å²) in [4.78, 5) is 20.5. The van der Waals surface area contributed by atoms with Crippen LogP contribution in [0.4, 0.5) is 17.3 Å². The average molecular weight is 477 g/mol. The maximum atomic E-state index is 13.7. The Bertz CT molecular complexity index is 1230. The van der Waals surface area contributed by atoms with Crippen LogP contribution in [0.3, 0.4) is 0 Å². The van der Waals surface area contributed by atoms with E-state index in [1.165, 1.54) is 0 Å². The van der Waals surface area contributed by atoms with E-state index in [9.17, 15) is 4.79 Å². The van der Waals surface area contributed by atoms with E-state index >= 15 is 0 Å². The van der Waals surface area contributed by atoms with Gasteiger partial charge in [0.2, 0.25) is 11.1 Å². The second kappa shape index (κ2) is 9.93. The highest BCUT2D eigenvalue weighted by atomic mass is 32.2. The molecule has 0 spiro atoms. The number of carbonyl (C=O) groups excluding carboxylic acids is 1. The van der Waals surface area contributed by atoms with E-state index in [2.05, 4.69) is 46.7 Å². The molecule has 3 aromatic rings. The van der Waals surface area contributed by atoms with Gasteiger partial charge in [0.15, 0.2) is 0 Å². The molecule has 34 heavy (non-hydrogen) atoms. The highest BCUT2D eigenvalue weighted by molar-refractivity contribution is 7.99. The van der Waals surface area contributed by atoms with Crippen LogP contribution >= 0.6 is 11.8 Å². The molecule has 178 valence electrons. The first-order valence-corrected chi connectivity index (χ1v) is 12.5. The van der Waals surface area contributed by atoms with E-state index in [1.54, 1.807) is 11.8 Å². The van der Waals surface area contributed by atoms with Crippen molar-refractivity contribution >= 4 is 35.0 Å². The molecule has 1 unspecified atom stereocenters. The first-order valence-electron chi connectivity index (χ1n) is 11.5. The Hall–Kier alpha value is -3.26. The van der Waals surface area contributed by atoms with Gasteiger partial charge in [0, 0.05) is 36.9 Å². The average Bonchev–Trinajstić information content (AvgIpc) is 3.22. The van der Waals surface area contributed by atoms with Crippen molar-refractivity contribution in [2.45, 2.75) is 45.3 Å². The Labute approximate surface area is 205 Å². The highest BCUT2D eigenvalue weighted by Gasteiger charge is 2.34. The third-order valence-electron chi connectivity index (χ3n) is 6.09. The molecule has 0 saturated heterocycles. The molecule has 0 saturated carbocycles. The summed E-state index contributed by atoms with van der Waals surface area (Å²) in [5.41, 5.74) is 6.49. The Morgan fingerprint density at radius 1 is 1.15 bits per heavy atom. The smallest absolute Gasteiger partial charge is 0.255 e. The van der Waals surface area contributed by atoms with Gasteiger partial charge in [0.1, 0.15) is 6.04 Å². The zero-order valence-corrected chi connectivity index (χ0v) is 21.5. The normalized spacial score (nSPS) is 15.1. The molecule has 2 N–H and O–H groups in total.